The second-order valence-electron chi connectivity index (χ2n) is 7.34. The Hall–Kier alpha value is -3.05. The molecule has 0 atom stereocenters. The number of likely N-dealkylation sites (tertiary alicyclic amines) is 1. The molecule has 2 heterocycles. The van der Waals surface area contributed by atoms with Crippen molar-refractivity contribution in [3.63, 3.8) is 0 Å². The molecule has 1 fully saturated rings. The summed E-state index contributed by atoms with van der Waals surface area (Å²) in [5.41, 5.74) is 2.19. The molecular weight excluding hydrogens is 364 g/mol. The van der Waals surface area contributed by atoms with Crippen LogP contribution in [0.15, 0.2) is 77.4 Å². The minimum Gasteiger partial charge on any atom is -0.497 e. The number of amides is 1. The number of benzene rings is 2. The summed E-state index contributed by atoms with van der Waals surface area (Å²) >= 11 is 0. The predicted octanol–water partition coefficient (Wildman–Crippen LogP) is 4.60. The Morgan fingerprint density at radius 1 is 1.03 bits per heavy atom. The maximum atomic E-state index is 13.2. The highest BCUT2D eigenvalue weighted by atomic mass is 16.5. The minimum atomic E-state index is -0.0957. The zero-order valence-corrected chi connectivity index (χ0v) is 16.7. The van der Waals surface area contributed by atoms with Gasteiger partial charge in [0, 0.05) is 31.4 Å². The zero-order chi connectivity index (χ0) is 20.1. The van der Waals surface area contributed by atoms with Crippen LogP contribution in [-0.4, -0.2) is 37.0 Å². The van der Waals surface area contributed by atoms with Crippen molar-refractivity contribution in [2.45, 2.75) is 25.4 Å². The summed E-state index contributed by atoms with van der Waals surface area (Å²) in [4.78, 5) is 17.6. The molecular formula is C24H26N2O3. The Labute approximate surface area is 171 Å². The molecule has 5 nitrogen and oxygen atoms in total. The van der Waals surface area contributed by atoms with Gasteiger partial charge in [0.2, 0.25) is 0 Å². The third-order valence-corrected chi connectivity index (χ3v) is 5.47. The van der Waals surface area contributed by atoms with Gasteiger partial charge in [0.1, 0.15) is 5.75 Å². The lowest BCUT2D eigenvalue weighted by atomic mass is 10.0. The minimum absolute atomic E-state index is 0.0957. The average Bonchev–Trinajstić information content (AvgIpc) is 3.31. The first kappa shape index (κ1) is 19.3. The molecule has 29 heavy (non-hydrogen) atoms. The van der Waals surface area contributed by atoms with E-state index in [-0.39, 0.29) is 11.9 Å². The molecule has 2 aromatic carbocycles. The number of methoxy groups -OCH3 is 1. The lowest BCUT2D eigenvalue weighted by Gasteiger charge is -2.38. The fourth-order valence-corrected chi connectivity index (χ4v) is 3.93. The Morgan fingerprint density at radius 3 is 2.38 bits per heavy atom. The molecule has 0 radical (unpaired) electrons. The van der Waals surface area contributed by atoms with Crippen molar-refractivity contribution in [2.24, 2.45) is 0 Å². The summed E-state index contributed by atoms with van der Waals surface area (Å²) in [6, 6.07) is 21.8. The number of hydrogen-bond acceptors (Lipinski definition) is 4. The van der Waals surface area contributed by atoms with Crippen LogP contribution < -0.4 is 9.64 Å². The first-order valence-electron chi connectivity index (χ1n) is 10.0. The molecule has 0 unspecified atom stereocenters. The van der Waals surface area contributed by atoms with Crippen LogP contribution >= 0.6 is 0 Å². The summed E-state index contributed by atoms with van der Waals surface area (Å²) in [5.74, 6) is 1.05. The topological polar surface area (TPSA) is 45.9 Å². The number of furan rings is 1. The van der Waals surface area contributed by atoms with Crippen LogP contribution in [0.2, 0.25) is 0 Å². The number of nitrogens with zero attached hydrogens (tertiary/aromatic N) is 2. The Morgan fingerprint density at radius 2 is 1.76 bits per heavy atom. The van der Waals surface area contributed by atoms with Crippen molar-refractivity contribution in [3.05, 3.63) is 84.3 Å². The van der Waals surface area contributed by atoms with Gasteiger partial charge in [0.05, 0.1) is 13.4 Å². The third kappa shape index (κ3) is 4.51. The summed E-state index contributed by atoms with van der Waals surface area (Å²) in [6.45, 7) is 2.86. The van der Waals surface area contributed by atoms with E-state index in [0.29, 0.717) is 5.76 Å². The molecule has 3 aromatic rings. The van der Waals surface area contributed by atoms with E-state index in [1.165, 1.54) is 5.56 Å². The van der Waals surface area contributed by atoms with Crippen LogP contribution in [-0.2, 0) is 6.54 Å². The molecule has 1 aliphatic rings. The lowest BCUT2D eigenvalue weighted by Crippen LogP contribution is -2.47. The highest BCUT2D eigenvalue weighted by molar-refractivity contribution is 6.04. The van der Waals surface area contributed by atoms with Gasteiger partial charge >= 0.3 is 0 Å². The van der Waals surface area contributed by atoms with Crippen molar-refractivity contribution < 1.29 is 13.9 Å². The largest absolute Gasteiger partial charge is 0.497 e. The second kappa shape index (κ2) is 8.97. The summed E-state index contributed by atoms with van der Waals surface area (Å²) in [6.07, 6.45) is 3.39. The second-order valence-corrected chi connectivity index (χ2v) is 7.34. The van der Waals surface area contributed by atoms with Gasteiger partial charge in [-0.25, -0.2) is 0 Å². The number of hydrogen-bond donors (Lipinski definition) is 0. The molecule has 1 saturated heterocycles. The molecule has 1 aromatic heterocycles. The van der Waals surface area contributed by atoms with E-state index in [2.05, 4.69) is 29.2 Å². The smallest absolute Gasteiger partial charge is 0.294 e. The fourth-order valence-electron chi connectivity index (χ4n) is 3.93. The van der Waals surface area contributed by atoms with Crippen LogP contribution in [0.25, 0.3) is 0 Å². The molecule has 0 spiro atoms. The van der Waals surface area contributed by atoms with Gasteiger partial charge in [-0.15, -0.1) is 0 Å². The van der Waals surface area contributed by atoms with E-state index >= 15 is 0 Å². The summed E-state index contributed by atoms with van der Waals surface area (Å²) in [7, 11) is 1.64. The van der Waals surface area contributed by atoms with Gasteiger partial charge < -0.3 is 14.1 Å². The molecule has 150 valence electrons. The van der Waals surface area contributed by atoms with Crippen molar-refractivity contribution >= 4 is 11.6 Å². The van der Waals surface area contributed by atoms with Crippen molar-refractivity contribution in [1.82, 2.24) is 4.90 Å². The van der Waals surface area contributed by atoms with Gasteiger partial charge in [-0.3, -0.25) is 9.69 Å². The van der Waals surface area contributed by atoms with E-state index in [1.54, 1.807) is 25.5 Å². The van der Waals surface area contributed by atoms with Crippen LogP contribution in [0, 0.1) is 0 Å². The van der Waals surface area contributed by atoms with Gasteiger partial charge in [0.15, 0.2) is 5.76 Å². The summed E-state index contributed by atoms with van der Waals surface area (Å²) in [5, 5.41) is 0. The Kier molecular flexibility index (Phi) is 5.96. The normalized spacial score (nSPS) is 15.2. The van der Waals surface area contributed by atoms with Gasteiger partial charge in [-0.1, -0.05) is 30.3 Å². The Bertz CT molecular complexity index is 899. The molecule has 0 bridgehead atoms. The predicted molar refractivity (Wildman–Crippen MR) is 113 cm³/mol. The maximum Gasteiger partial charge on any atom is 0.294 e. The SMILES string of the molecule is COc1ccc(N(C(=O)c2ccco2)C2CCN(Cc3ccccc3)CC2)cc1. The van der Waals surface area contributed by atoms with E-state index in [9.17, 15) is 4.79 Å². The number of carbonyl (C=O) groups is 1. The first-order valence-corrected chi connectivity index (χ1v) is 10.0. The fraction of sp³-hybridized carbons (Fsp3) is 0.292. The molecule has 0 saturated carbocycles. The lowest BCUT2D eigenvalue weighted by molar-refractivity contribution is 0.0931. The standard InChI is InChI=1S/C24H26N2O3/c1-28-22-11-9-20(10-12-22)26(24(27)23-8-5-17-29-23)21-13-15-25(16-14-21)18-19-6-3-2-4-7-19/h2-12,17,21H,13-16,18H2,1H3. The van der Waals surface area contributed by atoms with Crippen molar-refractivity contribution in [2.75, 3.05) is 25.1 Å². The zero-order valence-electron chi connectivity index (χ0n) is 16.7. The molecule has 1 amide bonds. The monoisotopic (exact) mass is 390 g/mol. The molecule has 0 aliphatic carbocycles. The van der Waals surface area contributed by atoms with Crippen molar-refractivity contribution in [3.8, 4) is 5.75 Å². The Balaban J connectivity index is 1.50. The number of ether oxygens (including phenoxy) is 1. The quantitative estimate of drug-likeness (QED) is 0.617. The first-order chi connectivity index (χ1) is 14.2. The number of rotatable bonds is 6. The van der Waals surface area contributed by atoms with E-state index < -0.39 is 0 Å². The highest BCUT2D eigenvalue weighted by Gasteiger charge is 2.31. The maximum absolute atomic E-state index is 13.2. The molecule has 5 heteroatoms. The van der Waals surface area contributed by atoms with Crippen LogP contribution in [0.4, 0.5) is 5.69 Å². The third-order valence-electron chi connectivity index (χ3n) is 5.47. The number of piperidine rings is 1. The van der Waals surface area contributed by atoms with Gasteiger partial charge in [-0.05, 0) is 54.8 Å². The van der Waals surface area contributed by atoms with Crippen LogP contribution in [0.3, 0.4) is 0 Å². The molecule has 1 aliphatic heterocycles. The van der Waals surface area contributed by atoms with Crippen LogP contribution in [0.1, 0.15) is 29.0 Å². The van der Waals surface area contributed by atoms with Gasteiger partial charge in [0.25, 0.3) is 5.91 Å². The van der Waals surface area contributed by atoms with E-state index in [0.717, 1.165) is 43.9 Å². The highest BCUT2D eigenvalue weighted by Crippen LogP contribution is 2.28. The van der Waals surface area contributed by atoms with Gasteiger partial charge in [-0.2, -0.15) is 0 Å². The number of carbonyl (C=O) groups excluding carboxylic acids is 1. The summed E-state index contributed by atoms with van der Waals surface area (Å²) < 4.78 is 10.7. The molecule has 4 rings (SSSR count). The van der Waals surface area contributed by atoms with E-state index in [1.807, 2.05) is 35.2 Å². The van der Waals surface area contributed by atoms with Crippen LogP contribution in [0.5, 0.6) is 5.75 Å². The number of anilines is 1. The average molecular weight is 390 g/mol. The van der Waals surface area contributed by atoms with E-state index in [4.69, 9.17) is 9.15 Å². The van der Waals surface area contributed by atoms with Crippen molar-refractivity contribution in [1.29, 1.82) is 0 Å². The molecule has 0 N–H and O–H groups in total.